The van der Waals surface area contributed by atoms with Gasteiger partial charge in [-0.25, -0.2) is 20.2 Å². The fraction of sp³-hybridized carbons (Fsp3) is 0.241. The third-order valence-corrected chi connectivity index (χ3v) is 10.6. The summed E-state index contributed by atoms with van der Waals surface area (Å²) in [7, 11) is 0. The molecule has 0 bridgehead atoms. The lowest BCUT2D eigenvalue weighted by Crippen LogP contribution is -1.86. The van der Waals surface area contributed by atoms with Crippen LogP contribution in [0.5, 0.6) is 0 Å². The first-order chi connectivity index (χ1) is 18.1. The SMILES string of the molecule is [C-]#[N+]/C(C#N)=C\c1ccc(-c2cc3sc(-c4cc(CCCCCCC)c(/C=C(\C#N)[N+]#[C-])s4)cc3s2)s1. The molecule has 0 spiro atoms. The molecule has 182 valence electrons. The highest BCUT2D eigenvalue weighted by Crippen LogP contribution is 2.45. The van der Waals surface area contributed by atoms with E-state index in [2.05, 4.69) is 34.8 Å². The first-order valence-corrected chi connectivity index (χ1v) is 15.1. The van der Waals surface area contributed by atoms with Gasteiger partial charge in [-0.15, -0.1) is 45.3 Å². The quantitative estimate of drug-likeness (QED) is 0.111. The van der Waals surface area contributed by atoms with Crippen molar-refractivity contribution in [3.63, 3.8) is 0 Å². The molecule has 0 aliphatic heterocycles. The maximum Gasteiger partial charge on any atom is 0.263 e. The molecule has 0 aliphatic carbocycles. The molecule has 4 aromatic rings. The van der Waals surface area contributed by atoms with Crippen molar-refractivity contribution in [2.45, 2.75) is 45.4 Å². The van der Waals surface area contributed by atoms with Gasteiger partial charge in [-0.05, 0) is 60.9 Å². The lowest BCUT2D eigenvalue weighted by molar-refractivity contribution is 0.632. The molecule has 0 saturated carbocycles. The molecule has 4 aromatic heterocycles. The summed E-state index contributed by atoms with van der Waals surface area (Å²) in [5, 5.41) is 18.3. The van der Waals surface area contributed by atoms with Gasteiger partial charge in [0, 0.05) is 38.7 Å². The average molecular weight is 555 g/mol. The molecule has 4 heterocycles. The second-order valence-corrected chi connectivity index (χ2v) is 12.7. The fourth-order valence-corrected chi connectivity index (χ4v) is 8.52. The highest BCUT2D eigenvalue weighted by Gasteiger charge is 2.15. The predicted molar refractivity (Wildman–Crippen MR) is 159 cm³/mol. The van der Waals surface area contributed by atoms with E-state index in [1.165, 1.54) is 55.3 Å². The summed E-state index contributed by atoms with van der Waals surface area (Å²) in [5.41, 5.74) is 1.44. The summed E-state index contributed by atoms with van der Waals surface area (Å²) in [6.45, 7) is 16.6. The molecule has 0 aliphatic rings. The van der Waals surface area contributed by atoms with Crippen LogP contribution in [0.15, 0.2) is 41.7 Å². The van der Waals surface area contributed by atoms with Crippen LogP contribution in [0.2, 0.25) is 0 Å². The minimum absolute atomic E-state index is 0.0917. The number of fused-ring (bicyclic) bond motifs is 1. The van der Waals surface area contributed by atoms with Gasteiger partial charge in [0.15, 0.2) is 0 Å². The summed E-state index contributed by atoms with van der Waals surface area (Å²) < 4.78 is 2.45. The van der Waals surface area contributed by atoms with Gasteiger partial charge in [0.2, 0.25) is 0 Å². The van der Waals surface area contributed by atoms with E-state index in [4.69, 9.17) is 18.4 Å². The fourth-order valence-electron chi connectivity index (χ4n) is 3.88. The van der Waals surface area contributed by atoms with Gasteiger partial charge in [-0.1, -0.05) is 32.6 Å². The van der Waals surface area contributed by atoms with Gasteiger partial charge >= 0.3 is 0 Å². The van der Waals surface area contributed by atoms with Crippen molar-refractivity contribution >= 4 is 66.9 Å². The van der Waals surface area contributed by atoms with Gasteiger partial charge in [-0.2, -0.15) is 0 Å². The molecule has 37 heavy (non-hydrogen) atoms. The first kappa shape index (κ1) is 26.6. The predicted octanol–water partition coefficient (Wildman–Crippen LogP) is 10.5. The molecule has 0 aromatic carbocycles. The van der Waals surface area contributed by atoms with Crippen LogP contribution in [-0.2, 0) is 6.42 Å². The number of nitrogens with zero attached hydrogens (tertiary/aromatic N) is 4. The van der Waals surface area contributed by atoms with Crippen LogP contribution in [0, 0.1) is 35.8 Å². The summed E-state index contributed by atoms with van der Waals surface area (Å²) in [4.78, 5) is 13.2. The molecule has 0 radical (unpaired) electrons. The Morgan fingerprint density at radius 2 is 1.41 bits per heavy atom. The van der Waals surface area contributed by atoms with E-state index in [1.54, 1.807) is 57.5 Å². The molecular formula is C29H22N4S4. The average Bonchev–Trinajstić information content (AvgIpc) is 3.68. The van der Waals surface area contributed by atoms with Crippen LogP contribution in [0.4, 0.5) is 0 Å². The summed E-state index contributed by atoms with van der Waals surface area (Å²) >= 11 is 6.75. The molecule has 0 fully saturated rings. The largest absolute Gasteiger partial charge is 0.263 e. The van der Waals surface area contributed by atoms with Gasteiger partial charge in [-0.3, -0.25) is 0 Å². The highest BCUT2D eigenvalue weighted by atomic mass is 32.1. The molecule has 4 rings (SSSR count). The second kappa shape index (κ2) is 12.6. The van der Waals surface area contributed by atoms with E-state index >= 15 is 0 Å². The van der Waals surface area contributed by atoms with Crippen LogP contribution in [0.3, 0.4) is 0 Å². The zero-order valence-corrected chi connectivity index (χ0v) is 23.5. The maximum absolute atomic E-state index is 9.28. The Kier molecular flexibility index (Phi) is 9.08. The standard InChI is InChI=1S/C29H22N4S4/c1-4-5-6-7-8-9-19-12-25(35-24(19)14-21(18-31)33-3)27-16-29-28(37-27)15-26(36-29)23-11-10-22(34-23)13-20(17-30)32-2/h10-16H,4-9H2,1H3/b20-13-,21-14+. The third kappa shape index (κ3) is 6.44. The lowest BCUT2D eigenvalue weighted by Gasteiger charge is -2.01. The zero-order chi connectivity index (χ0) is 26.2. The molecule has 4 nitrogen and oxygen atoms in total. The van der Waals surface area contributed by atoms with Crippen LogP contribution in [-0.4, -0.2) is 0 Å². The molecule has 0 unspecified atom stereocenters. The van der Waals surface area contributed by atoms with Crippen LogP contribution < -0.4 is 0 Å². The van der Waals surface area contributed by atoms with Gasteiger partial charge < -0.3 is 0 Å². The number of nitriles is 2. The van der Waals surface area contributed by atoms with Gasteiger partial charge in [0.25, 0.3) is 11.4 Å². The Labute approximate surface area is 233 Å². The number of allylic oxidation sites excluding steroid dienone is 2. The minimum atomic E-state index is 0.0917. The zero-order valence-electron chi connectivity index (χ0n) is 20.2. The van der Waals surface area contributed by atoms with E-state index in [0.717, 1.165) is 27.5 Å². The summed E-state index contributed by atoms with van der Waals surface area (Å²) in [6, 6.07) is 14.6. The van der Waals surface area contributed by atoms with E-state index in [9.17, 15) is 5.26 Å². The van der Waals surface area contributed by atoms with Crippen molar-refractivity contribution in [3.8, 4) is 31.6 Å². The Morgan fingerprint density at radius 3 is 2.05 bits per heavy atom. The smallest absolute Gasteiger partial charge is 0.227 e. The second-order valence-electron chi connectivity index (χ2n) is 8.32. The van der Waals surface area contributed by atoms with E-state index in [1.807, 2.05) is 24.3 Å². The third-order valence-electron chi connectivity index (χ3n) is 5.73. The minimum Gasteiger partial charge on any atom is -0.227 e. The maximum atomic E-state index is 9.28. The van der Waals surface area contributed by atoms with Crippen molar-refractivity contribution < 1.29 is 0 Å². The van der Waals surface area contributed by atoms with Gasteiger partial charge in [0.05, 0.1) is 25.3 Å². The number of thiophene rings is 4. The number of rotatable bonds is 10. The number of unbranched alkanes of at least 4 members (excludes halogenated alkanes) is 4. The molecule has 0 saturated heterocycles. The number of aryl methyl sites for hydroxylation is 1. The van der Waals surface area contributed by atoms with E-state index in [0.29, 0.717) is 0 Å². The Morgan fingerprint density at radius 1 is 0.784 bits per heavy atom. The van der Waals surface area contributed by atoms with E-state index < -0.39 is 0 Å². The highest BCUT2D eigenvalue weighted by molar-refractivity contribution is 7.33. The van der Waals surface area contributed by atoms with Crippen LogP contribution in [0.1, 0.15) is 54.3 Å². The van der Waals surface area contributed by atoms with Crippen LogP contribution >= 0.6 is 45.3 Å². The Hall–Kier alpha value is -3.50. The monoisotopic (exact) mass is 554 g/mol. The molecule has 8 heteroatoms. The number of hydrogen-bond acceptors (Lipinski definition) is 6. The van der Waals surface area contributed by atoms with E-state index in [-0.39, 0.29) is 11.4 Å². The Bertz CT molecular complexity index is 1580. The molecular weight excluding hydrogens is 533 g/mol. The van der Waals surface area contributed by atoms with Gasteiger partial charge in [0.1, 0.15) is 0 Å². The molecule has 0 N–H and O–H groups in total. The van der Waals surface area contributed by atoms with Crippen molar-refractivity contribution in [1.29, 1.82) is 10.5 Å². The number of hydrogen-bond donors (Lipinski definition) is 0. The van der Waals surface area contributed by atoms with Crippen molar-refractivity contribution in [1.82, 2.24) is 0 Å². The first-order valence-electron chi connectivity index (χ1n) is 11.8. The van der Waals surface area contributed by atoms with Crippen molar-refractivity contribution in [3.05, 3.63) is 79.9 Å². The van der Waals surface area contributed by atoms with Crippen LogP contribution in [0.25, 0.3) is 50.8 Å². The lowest BCUT2D eigenvalue weighted by atomic mass is 10.1. The summed E-state index contributed by atoms with van der Waals surface area (Å²) in [5.74, 6) is 0. The van der Waals surface area contributed by atoms with Crippen molar-refractivity contribution in [2.75, 3.05) is 0 Å². The normalized spacial score (nSPS) is 11.7. The topological polar surface area (TPSA) is 56.3 Å². The Balaban J connectivity index is 1.59. The molecule has 0 amide bonds. The summed E-state index contributed by atoms with van der Waals surface area (Å²) in [6.07, 6.45) is 10.4. The van der Waals surface area contributed by atoms with Crippen molar-refractivity contribution in [2.24, 2.45) is 0 Å². The molecule has 0 atom stereocenters.